The molecule has 1 aromatic rings. The minimum absolute atomic E-state index is 0.0611. The number of hydrogen-bond donors (Lipinski definition) is 1. The zero-order valence-corrected chi connectivity index (χ0v) is 17.4. The van der Waals surface area contributed by atoms with Gasteiger partial charge in [0.15, 0.2) is 0 Å². The summed E-state index contributed by atoms with van der Waals surface area (Å²) in [6, 6.07) is 2.44. The number of hydrogen-bond acceptors (Lipinski definition) is 2. The van der Waals surface area contributed by atoms with Crippen LogP contribution in [0.3, 0.4) is 0 Å². The highest BCUT2D eigenvalue weighted by Crippen LogP contribution is 2.41. The largest absolute Gasteiger partial charge is 0.317 e. The molecule has 2 nitrogen and oxygen atoms in total. The molecular weight excluding hydrogens is 292 g/mol. The highest BCUT2D eigenvalue weighted by atomic mass is 14.9. The summed E-state index contributed by atoms with van der Waals surface area (Å²) in [4.78, 5) is 5.28. The van der Waals surface area contributed by atoms with Gasteiger partial charge in [-0.05, 0) is 54.0 Å². The molecule has 136 valence electrons. The molecule has 1 aromatic heterocycles. The summed E-state index contributed by atoms with van der Waals surface area (Å²) in [7, 11) is 0. The molecule has 0 atom stereocenters. The lowest BCUT2D eigenvalue weighted by Gasteiger charge is -2.37. The number of nitrogens with one attached hydrogen (secondary N) is 1. The Balaban J connectivity index is 2.74. The van der Waals surface area contributed by atoms with Crippen molar-refractivity contribution in [2.75, 3.05) is 13.1 Å². The third-order valence-electron chi connectivity index (χ3n) is 5.07. The lowest BCUT2D eigenvalue weighted by Crippen LogP contribution is -2.32. The zero-order valence-electron chi connectivity index (χ0n) is 17.4. The van der Waals surface area contributed by atoms with Gasteiger partial charge in [-0.2, -0.15) is 0 Å². The fourth-order valence-electron chi connectivity index (χ4n) is 3.79. The molecule has 0 unspecified atom stereocenters. The van der Waals surface area contributed by atoms with Crippen LogP contribution >= 0.6 is 0 Å². The highest BCUT2D eigenvalue weighted by Gasteiger charge is 2.34. The van der Waals surface area contributed by atoms with E-state index in [2.05, 4.69) is 73.7 Å². The molecule has 2 heteroatoms. The normalized spacial score (nSPS) is 18.0. The first kappa shape index (κ1) is 19.4. The van der Waals surface area contributed by atoms with Crippen LogP contribution in [0.25, 0.3) is 0 Å². The smallest absolute Gasteiger partial charge is 0.0500 e. The van der Waals surface area contributed by atoms with Gasteiger partial charge in [0.1, 0.15) is 0 Å². The lowest BCUT2D eigenvalue weighted by molar-refractivity contribution is 0.439. The molecule has 0 aliphatic carbocycles. The molecule has 1 N–H and O–H groups in total. The summed E-state index contributed by atoms with van der Waals surface area (Å²) in [6.45, 7) is 23.2. The summed E-state index contributed by atoms with van der Waals surface area (Å²) in [5.74, 6) is 0.600. The molecule has 24 heavy (non-hydrogen) atoms. The summed E-state index contributed by atoms with van der Waals surface area (Å²) >= 11 is 0. The Morgan fingerprint density at radius 1 is 0.833 bits per heavy atom. The van der Waals surface area contributed by atoms with Crippen LogP contribution in [0.4, 0.5) is 0 Å². The molecule has 1 aliphatic heterocycles. The van der Waals surface area contributed by atoms with Crippen molar-refractivity contribution in [1.82, 2.24) is 10.3 Å². The van der Waals surface area contributed by atoms with Crippen molar-refractivity contribution in [2.24, 2.45) is 0 Å². The topological polar surface area (TPSA) is 24.9 Å². The summed E-state index contributed by atoms with van der Waals surface area (Å²) in [5, 5.41) is 3.48. The predicted molar refractivity (Wildman–Crippen MR) is 105 cm³/mol. The van der Waals surface area contributed by atoms with E-state index in [1.165, 1.54) is 35.4 Å². The number of nitrogens with zero attached hydrogens (tertiary/aromatic N) is 1. The fraction of sp³-hybridized carbons (Fsp3) is 0.773. The zero-order chi connectivity index (χ0) is 18.3. The third-order valence-corrected chi connectivity index (χ3v) is 5.07. The van der Waals surface area contributed by atoms with Crippen LogP contribution in [0, 0.1) is 0 Å². The second-order valence-electron chi connectivity index (χ2n) is 10.6. The summed E-state index contributed by atoms with van der Waals surface area (Å²) in [6.07, 6.45) is 2.41. The van der Waals surface area contributed by atoms with E-state index in [9.17, 15) is 0 Å². The van der Waals surface area contributed by atoms with Crippen LogP contribution < -0.4 is 5.32 Å². The van der Waals surface area contributed by atoms with Crippen LogP contribution in [0.5, 0.6) is 0 Å². The Morgan fingerprint density at radius 2 is 1.38 bits per heavy atom. The third kappa shape index (κ3) is 4.20. The van der Waals surface area contributed by atoms with Gasteiger partial charge < -0.3 is 5.32 Å². The van der Waals surface area contributed by atoms with Gasteiger partial charge in [-0.1, -0.05) is 62.3 Å². The maximum absolute atomic E-state index is 5.28. The minimum Gasteiger partial charge on any atom is -0.317 e. The van der Waals surface area contributed by atoms with E-state index in [4.69, 9.17) is 4.98 Å². The van der Waals surface area contributed by atoms with Gasteiger partial charge >= 0.3 is 0 Å². The molecule has 0 saturated carbocycles. The van der Waals surface area contributed by atoms with Crippen molar-refractivity contribution in [3.8, 4) is 0 Å². The maximum Gasteiger partial charge on any atom is 0.0500 e. The average molecular weight is 331 g/mol. The van der Waals surface area contributed by atoms with Crippen molar-refractivity contribution in [3.63, 3.8) is 0 Å². The van der Waals surface area contributed by atoms with E-state index in [0.717, 1.165) is 13.1 Å². The molecular formula is C22H38N2. The number of piperidine rings is 1. The molecule has 2 rings (SSSR count). The van der Waals surface area contributed by atoms with Gasteiger partial charge in [-0.3, -0.25) is 4.98 Å². The molecule has 1 aliphatic rings. The Kier molecular flexibility index (Phi) is 5.22. The maximum atomic E-state index is 5.28. The Bertz CT molecular complexity index is 538. The Morgan fingerprint density at radius 3 is 1.79 bits per heavy atom. The summed E-state index contributed by atoms with van der Waals surface area (Å²) in [5.41, 5.74) is 5.86. The van der Waals surface area contributed by atoms with E-state index in [1.807, 2.05) is 0 Å². The van der Waals surface area contributed by atoms with Gasteiger partial charge in [0, 0.05) is 17.0 Å². The lowest BCUT2D eigenvalue weighted by atomic mass is 9.70. The van der Waals surface area contributed by atoms with E-state index >= 15 is 0 Å². The van der Waals surface area contributed by atoms with Gasteiger partial charge in [-0.15, -0.1) is 0 Å². The molecule has 0 amide bonds. The van der Waals surface area contributed by atoms with Gasteiger partial charge in [0.05, 0.1) is 5.69 Å². The first-order valence-corrected chi connectivity index (χ1v) is 9.59. The summed E-state index contributed by atoms with van der Waals surface area (Å²) < 4.78 is 0. The first-order chi connectivity index (χ1) is 10.8. The quantitative estimate of drug-likeness (QED) is 0.741. The van der Waals surface area contributed by atoms with Crippen molar-refractivity contribution in [2.45, 2.75) is 97.3 Å². The molecule has 0 bridgehead atoms. The molecule has 1 fully saturated rings. The standard InChI is InChI=1S/C22H38N2/c1-20(2,3)16-14-17(15-10-12-23-13-11-15)24-19(22(7,8)9)18(16)21(4,5)6/h14-15,23H,10-13H2,1-9H3. The molecule has 2 heterocycles. The molecule has 0 aromatic carbocycles. The van der Waals surface area contributed by atoms with Crippen molar-refractivity contribution in [3.05, 3.63) is 28.6 Å². The van der Waals surface area contributed by atoms with Gasteiger partial charge in [0.2, 0.25) is 0 Å². The molecule has 0 radical (unpaired) electrons. The SMILES string of the molecule is CC(C)(C)c1cc(C2CCNCC2)nc(C(C)(C)C)c1C(C)(C)C. The predicted octanol–water partition coefficient (Wildman–Crippen LogP) is 5.44. The minimum atomic E-state index is 0.0611. The van der Waals surface area contributed by atoms with Crippen LogP contribution in [-0.4, -0.2) is 18.1 Å². The van der Waals surface area contributed by atoms with Gasteiger partial charge in [0.25, 0.3) is 0 Å². The second kappa shape index (κ2) is 6.44. The van der Waals surface area contributed by atoms with Crippen molar-refractivity contribution in [1.29, 1.82) is 0 Å². The van der Waals surface area contributed by atoms with Crippen molar-refractivity contribution < 1.29 is 0 Å². The van der Waals surface area contributed by atoms with Gasteiger partial charge in [-0.25, -0.2) is 0 Å². The van der Waals surface area contributed by atoms with Crippen LogP contribution in [0.1, 0.15) is 104 Å². The fourth-order valence-corrected chi connectivity index (χ4v) is 3.79. The van der Waals surface area contributed by atoms with E-state index < -0.39 is 0 Å². The average Bonchev–Trinajstić information content (AvgIpc) is 2.44. The Hall–Kier alpha value is -0.890. The number of aromatic nitrogens is 1. The number of rotatable bonds is 1. The highest BCUT2D eigenvalue weighted by molar-refractivity contribution is 5.45. The van der Waals surface area contributed by atoms with E-state index in [-0.39, 0.29) is 16.2 Å². The first-order valence-electron chi connectivity index (χ1n) is 9.59. The number of pyridine rings is 1. The van der Waals surface area contributed by atoms with Crippen LogP contribution in [0.2, 0.25) is 0 Å². The van der Waals surface area contributed by atoms with Crippen LogP contribution in [0.15, 0.2) is 6.07 Å². The molecule has 1 saturated heterocycles. The Labute approximate surface area is 149 Å². The van der Waals surface area contributed by atoms with Crippen molar-refractivity contribution >= 4 is 0 Å². The second-order valence-corrected chi connectivity index (χ2v) is 10.6. The molecule has 0 spiro atoms. The van der Waals surface area contributed by atoms with E-state index in [1.54, 1.807) is 0 Å². The van der Waals surface area contributed by atoms with Crippen LogP contribution in [-0.2, 0) is 16.2 Å². The monoisotopic (exact) mass is 330 g/mol. The van der Waals surface area contributed by atoms with E-state index in [0.29, 0.717) is 5.92 Å².